The average molecular weight is 216 g/mol. The van der Waals surface area contributed by atoms with Crippen LogP contribution < -0.4 is 0 Å². The summed E-state index contributed by atoms with van der Waals surface area (Å²) in [6.07, 6.45) is 5.08. The molecule has 1 heterocycles. The van der Waals surface area contributed by atoms with Crippen molar-refractivity contribution >= 4 is 17.7 Å². The standard InChI is InChI=1S/C11H20O2S/c1-3-5-9(2)8-11(10(12)13)6-4-7-14-11/h9H,3-8H2,1-2H3,(H,12,13). The number of hydrogen-bond acceptors (Lipinski definition) is 2. The smallest absolute Gasteiger partial charge is 0.319 e. The SMILES string of the molecule is CCCC(C)CC1(C(=O)O)CCCS1. The molecule has 0 aromatic heterocycles. The number of thioether (sulfide) groups is 1. The zero-order chi connectivity index (χ0) is 10.6. The largest absolute Gasteiger partial charge is 0.480 e. The quantitative estimate of drug-likeness (QED) is 0.767. The number of hydrogen-bond donors (Lipinski definition) is 1. The normalized spacial score (nSPS) is 29.0. The lowest BCUT2D eigenvalue weighted by Crippen LogP contribution is -2.34. The molecule has 0 saturated carbocycles. The van der Waals surface area contributed by atoms with Crippen molar-refractivity contribution in [1.29, 1.82) is 0 Å². The Morgan fingerprint density at radius 1 is 1.64 bits per heavy atom. The molecule has 1 fully saturated rings. The summed E-state index contributed by atoms with van der Waals surface area (Å²) < 4.78 is -0.450. The zero-order valence-electron chi connectivity index (χ0n) is 9.08. The van der Waals surface area contributed by atoms with Crippen LogP contribution in [0, 0.1) is 5.92 Å². The van der Waals surface area contributed by atoms with Crippen LogP contribution in [-0.2, 0) is 4.79 Å². The summed E-state index contributed by atoms with van der Waals surface area (Å²) in [7, 11) is 0. The van der Waals surface area contributed by atoms with Crippen LogP contribution in [0.1, 0.15) is 46.0 Å². The molecular weight excluding hydrogens is 196 g/mol. The third-order valence-electron chi connectivity index (χ3n) is 2.95. The van der Waals surface area contributed by atoms with Crippen molar-refractivity contribution in [3.8, 4) is 0 Å². The van der Waals surface area contributed by atoms with Crippen molar-refractivity contribution in [3.05, 3.63) is 0 Å². The molecule has 2 nitrogen and oxygen atoms in total. The van der Waals surface area contributed by atoms with E-state index >= 15 is 0 Å². The highest BCUT2D eigenvalue weighted by Gasteiger charge is 2.42. The van der Waals surface area contributed by atoms with Gasteiger partial charge < -0.3 is 5.11 Å². The lowest BCUT2D eigenvalue weighted by atomic mass is 9.89. The Kier molecular flexibility index (Phi) is 4.30. The van der Waals surface area contributed by atoms with Gasteiger partial charge in [0.15, 0.2) is 0 Å². The third-order valence-corrected chi connectivity index (χ3v) is 4.54. The minimum atomic E-state index is -0.594. The summed E-state index contributed by atoms with van der Waals surface area (Å²) in [5.74, 6) is 0.968. The Bertz CT molecular complexity index is 197. The zero-order valence-corrected chi connectivity index (χ0v) is 9.90. The van der Waals surface area contributed by atoms with Gasteiger partial charge in [0.25, 0.3) is 0 Å². The van der Waals surface area contributed by atoms with Crippen molar-refractivity contribution in [3.63, 3.8) is 0 Å². The van der Waals surface area contributed by atoms with Gasteiger partial charge in [-0.2, -0.15) is 0 Å². The topological polar surface area (TPSA) is 37.3 Å². The molecule has 1 N–H and O–H groups in total. The van der Waals surface area contributed by atoms with Crippen LogP contribution in [0.25, 0.3) is 0 Å². The van der Waals surface area contributed by atoms with Crippen molar-refractivity contribution in [1.82, 2.24) is 0 Å². The van der Waals surface area contributed by atoms with Crippen molar-refractivity contribution in [2.24, 2.45) is 5.92 Å². The number of carbonyl (C=O) groups is 1. The maximum absolute atomic E-state index is 11.2. The molecule has 2 unspecified atom stereocenters. The Hall–Kier alpha value is -0.180. The second-order valence-electron chi connectivity index (χ2n) is 4.35. The van der Waals surface area contributed by atoms with Gasteiger partial charge in [-0.25, -0.2) is 0 Å². The van der Waals surface area contributed by atoms with Gasteiger partial charge in [-0.15, -0.1) is 11.8 Å². The lowest BCUT2D eigenvalue weighted by molar-refractivity contribution is -0.140. The number of carboxylic acids is 1. The first-order chi connectivity index (χ1) is 6.60. The fourth-order valence-corrected chi connectivity index (χ4v) is 3.77. The molecule has 1 aliphatic heterocycles. The molecule has 0 aromatic carbocycles. The maximum Gasteiger partial charge on any atom is 0.319 e. The van der Waals surface area contributed by atoms with Gasteiger partial charge in [0.2, 0.25) is 0 Å². The van der Waals surface area contributed by atoms with Crippen LogP contribution in [-0.4, -0.2) is 21.6 Å². The molecule has 0 bridgehead atoms. The summed E-state index contributed by atoms with van der Waals surface area (Å²) in [5.41, 5.74) is 0. The highest BCUT2D eigenvalue weighted by molar-refractivity contribution is 8.01. The molecule has 82 valence electrons. The van der Waals surface area contributed by atoms with Gasteiger partial charge in [0.05, 0.1) is 0 Å². The van der Waals surface area contributed by atoms with Crippen LogP contribution >= 0.6 is 11.8 Å². The van der Waals surface area contributed by atoms with Crippen molar-refractivity contribution in [2.75, 3.05) is 5.75 Å². The molecule has 0 aromatic rings. The van der Waals surface area contributed by atoms with Gasteiger partial charge in [0, 0.05) is 0 Å². The maximum atomic E-state index is 11.2. The van der Waals surface area contributed by atoms with Crippen molar-refractivity contribution in [2.45, 2.75) is 50.7 Å². The second-order valence-corrected chi connectivity index (χ2v) is 5.83. The summed E-state index contributed by atoms with van der Waals surface area (Å²) in [5, 5.41) is 9.26. The highest BCUT2D eigenvalue weighted by Crippen LogP contribution is 2.43. The molecule has 2 atom stereocenters. The van der Waals surface area contributed by atoms with E-state index < -0.39 is 10.7 Å². The van der Waals surface area contributed by atoms with Gasteiger partial charge in [-0.05, 0) is 30.9 Å². The highest BCUT2D eigenvalue weighted by atomic mass is 32.2. The summed E-state index contributed by atoms with van der Waals surface area (Å²) >= 11 is 1.65. The molecule has 0 aliphatic carbocycles. The minimum absolute atomic E-state index is 0.450. The lowest BCUT2D eigenvalue weighted by Gasteiger charge is -2.26. The predicted octanol–water partition coefficient (Wildman–Crippen LogP) is 3.16. The first kappa shape index (κ1) is 11.9. The number of rotatable bonds is 5. The van der Waals surface area contributed by atoms with Crippen LogP contribution in [0.5, 0.6) is 0 Å². The monoisotopic (exact) mass is 216 g/mol. The summed E-state index contributed by atoms with van der Waals surface area (Å²) in [4.78, 5) is 11.2. The minimum Gasteiger partial charge on any atom is -0.480 e. The van der Waals surface area contributed by atoms with E-state index in [-0.39, 0.29) is 0 Å². The van der Waals surface area contributed by atoms with E-state index in [2.05, 4.69) is 13.8 Å². The van der Waals surface area contributed by atoms with Crippen LogP contribution in [0.3, 0.4) is 0 Å². The van der Waals surface area contributed by atoms with Gasteiger partial charge in [-0.1, -0.05) is 26.7 Å². The first-order valence-electron chi connectivity index (χ1n) is 5.48. The fourth-order valence-electron chi connectivity index (χ4n) is 2.27. The second kappa shape index (κ2) is 5.06. The van der Waals surface area contributed by atoms with Gasteiger partial charge >= 0.3 is 5.97 Å². The van der Waals surface area contributed by atoms with Crippen molar-refractivity contribution < 1.29 is 9.90 Å². The van der Waals surface area contributed by atoms with E-state index in [1.54, 1.807) is 11.8 Å². The Morgan fingerprint density at radius 2 is 2.36 bits per heavy atom. The number of aliphatic carboxylic acids is 1. The van der Waals surface area contributed by atoms with E-state index in [1.165, 1.54) is 0 Å². The molecule has 0 spiro atoms. The van der Waals surface area contributed by atoms with Gasteiger partial charge in [-0.3, -0.25) is 4.79 Å². The molecule has 3 heteroatoms. The Balaban J connectivity index is 2.55. The molecule has 0 amide bonds. The Labute approximate surface area is 90.5 Å². The van der Waals surface area contributed by atoms with E-state index in [1.807, 2.05) is 0 Å². The molecule has 1 rings (SSSR count). The molecule has 1 aliphatic rings. The summed E-state index contributed by atoms with van der Waals surface area (Å²) in [6.45, 7) is 4.33. The molecule has 0 radical (unpaired) electrons. The van der Waals surface area contributed by atoms with Crippen LogP contribution in [0.15, 0.2) is 0 Å². The van der Waals surface area contributed by atoms with E-state index in [0.29, 0.717) is 5.92 Å². The van der Waals surface area contributed by atoms with E-state index in [0.717, 1.165) is 37.9 Å². The van der Waals surface area contributed by atoms with Crippen LogP contribution in [0.4, 0.5) is 0 Å². The number of carboxylic acid groups (broad SMARTS) is 1. The Morgan fingerprint density at radius 3 is 2.79 bits per heavy atom. The van der Waals surface area contributed by atoms with Gasteiger partial charge in [0.1, 0.15) is 4.75 Å². The predicted molar refractivity (Wildman–Crippen MR) is 60.7 cm³/mol. The third kappa shape index (κ3) is 2.66. The van der Waals surface area contributed by atoms with E-state index in [4.69, 9.17) is 0 Å². The molecule has 1 saturated heterocycles. The molecule has 14 heavy (non-hydrogen) atoms. The average Bonchev–Trinajstić information content (AvgIpc) is 2.54. The molecular formula is C11H20O2S. The first-order valence-corrected chi connectivity index (χ1v) is 6.46. The fraction of sp³-hybridized carbons (Fsp3) is 0.909. The van der Waals surface area contributed by atoms with Crippen LogP contribution in [0.2, 0.25) is 0 Å². The summed E-state index contributed by atoms with van der Waals surface area (Å²) in [6, 6.07) is 0. The van der Waals surface area contributed by atoms with E-state index in [9.17, 15) is 9.90 Å².